The van der Waals surface area contributed by atoms with Crippen molar-refractivity contribution in [1.29, 1.82) is 0 Å². The fraction of sp³-hybridized carbons (Fsp3) is 0.917. The van der Waals surface area contributed by atoms with Gasteiger partial charge in [-0.2, -0.15) is 0 Å². The first-order valence-electron chi connectivity index (χ1n) is 5.72. The van der Waals surface area contributed by atoms with E-state index >= 15 is 0 Å². The van der Waals surface area contributed by atoms with Crippen LogP contribution in [0.15, 0.2) is 0 Å². The Morgan fingerprint density at radius 3 is 2.47 bits per heavy atom. The first-order chi connectivity index (χ1) is 6.83. The zero-order chi connectivity index (χ0) is 11.9. The maximum absolute atomic E-state index is 10.7. The molecule has 0 bridgehead atoms. The molecule has 0 spiro atoms. The van der Waals surface area contributed by atoms with E-state index in [-0.39, 0.29) is 11.5 Å². The molecule has 0 aliphatic carbocycles. The van der Waals surface area contributed by atoms with Gasteiger partial charge in [-0.15, -0.1) is 0 Å². The summed E-state index contributed by atoms with van der Waals surface area (Å²) < 4.78 is 5.77. The van der Waals surface area contributed by atoms with Crippen LogP contribution in [0.2, 0.25) is 0 Å². The summed E-state index contributed by atoms with van der Waals surface area (Å²) in [5.74, 6) is 0.698. The van der Waals surface area contributed by atoms with Crippen molar-refractivity contribution in [2.75, 3.05) is 13.2 Å². The van der Waals surface area contributed by atoms with Crippen molar-refractivity contribution in [2.45, 2.75) is 53.1 Å². The van der Waals surface area contributed by atoms with Gasteiger partial charge in [-0.05, 0) is 32.6 Å². The van der Waals surface area contributed by atoms with Crippen molar-refractivity contribution in [3.8, 4) is 0 Å². The van der Waals surface area contributed by atoms with Gasteiger partial charge in [-0.1, -0.05) is 13.8 Å². The number of ether oxygens (including phenoxy) is 1. The number of amides is 1. The van der Waals surface area contributed by atoms with E-state index in [2.05, 4.69) is 33.0 Å². The van der Waals surface area contributed by atoms with Crippen molar-refractivity contribution < 1.29 is 9.53 Å². The molecule has 90 valence electrons. The largest absolute Gasteiger partial charge is 0.375 e. The van der Waals surface area contributed by atoms with E-state index in [4.69, 9.17) is 4.74 Å². The fourth-order valence-corrected chi connectivity index (χ4v) is 1.18. The van der Waals surface area contributed by atoms with E-state index < -0.39 is 0 Å². The van der Waals surface area contributed by atoms with E-state index in [0.717, 1.165) is 19.4 Å². The first-order valence-corrected chi connectivity index (χ1v) is 5.72. The third-order valence-electron chi connectivity index (χ3n) is 2.29. The van der Waals surface area contributed by atoms with Crippen molar-refractivity contribution in [1.82, 2.24) is 5.32 Å². The van der Waals surface area contributed by atoms with Crippen LogP contribution >= 0.6 is 0 Å². The van der Waals surface area contributed by atoms with Crippen LogP contribution in [-0.4, -0.2) is 24.7 Å². The Morgan fingerprint density at radius 2 is 2.00 bits per heavy atom. The predicted molar refractivity (Wildman–Crippen MR) is 62.8 cm³/mol. The molecule has 1 N–H and O–H groups in total. The van der Waals surface area contributed by atoms with E-state index in [1.165, 1.54) is 6.92 Å². The maximum atomic E-state index is 10.7. The summed E-state index contributed by atoms with van der Waals surface area (Å²) in [7, 11) is 0. The van der Waals surface area contributed by atoms with Gasteiger partial charge in [0.05, 0.1) is 5.60 Å². The topological polar surface area (TPSA) is 38.3 Å². The Balaban J connectivity index is 3.62. The Morgan fingerprint density at radius 1 is 1.40 bits per heavy atom. The Bertz CT molecular complexity index is 188. The second-order valence-electron chi connectivity index (χ2n) is 5.02. The summed E-state index contributed by atoms with van der Waals surface area (Å²) in [6.45, 7) is 11.5. The van der Waals surface area contributed by atoms with E-state index in [1.807, 2.05) is 0 Å². The highest BCUT2D eigenvalue weighted by atomic mass is 16.5. The summed E-state index contributed by atoms with van der Waals surface area (Å²) in [5, 5.41) is 2.78. The Hall–Kier alpha value is -0.570. The van der Waals surface area contributed by atoms with Crippen LogP contribution in [0.5, 0.6) is 0 Å². The van der Waals surface area contributed by atoms with Gasteiger partial charge in [-0.3, -0.25) is 4.79 Å². The smallest absolute Gasteiger partial charge is 0.216 e. The number of hydrogen-bond acceptors (Lipinski definition) is 2. The monoisotopic (exact) mass is 215 g/mol. The lowest BCUT2D eigenvalue weighted by molar-refractivity contribution is -0.119. The summed E-state index contributed by atoms with van der Waals surface area (Å²) in [6, 6.07) is 0. The van der Waals surface area contributed by atoms with Crippen LogP contribution in [0.1, 0.15) is 47.5 Å². The lowest BCUT2D eigenvalue weighted by Crippen LogP contribution is -2.32. The molecule has 0 atom stereocenters. The Kier molecular flexibility index (Phi) is 6.57. The molecule has 0 rings (SSSR count). The molecule has 0 aromatic rings. The molecule has 0 radical (unpaired) electrons. The first kappa shape index (κ1) is 14.4. The Labute approximate surface area is 93.6 Å². The predicted octanol–water partition coefficient (Wildman–Crippen LogP) is 2.35. The molecule has 0 heterocycles. The minimum atomic E-state index is -0.142. The van der Waals surface area contributed by atoms with Crippen LogP contribution in [-0.2, 0) is 9.53 Å². The quantitative estimate of drug-likeness (QED) is 0.708. The zero-order valence-corrected chi connectivity index (χ0v) is 10.7. The number of rotatable bonds is 7. The summed E-state index contributed by atoms with van der Waals surface area (Å²) in [5.41, 5.74) is -0.142. The number of carbonyl (C=O) groups excluding carboxylic acids is 1. The third-order valence-corrected chi connectivity index (χ3v) is 2.29. The van der Waals surface area contributed by atoms with Crippen LogP contribution in [0.4, 0.5) is 0 Å². The number of hydrogen-bond donors (Lipinski definition) is 1. The van der Waals surface area contributed by atoms with Gasteiger partial charge < -0.3 is 10.1 Å². The molecule has 0 aliphatic rings. The van der Waals surface area contributed by atoms with E-state index in [0.29, 0.717) is 12.5 Å². The van der Waals surface area contributed by atoms with E-state index in [1.54, 1.807) is 0 Å². The standard InChI is InChI=1S/C12H25NO2/c1-10(2)6-9-15-12(4,5)7-8-13-11(3)14/h10H,6-9H2,1-5H3,(H,13,14). The molecule has 3 heteroatoms. The lowest BCUT2D eigenvalue weighted by Gasteiger charge is -2.25. The molecule has 0 saturated carbocycles. The van der Waals surface area contributed by atoms with E-state index in [9.17, 15) is 4.79 Å². The minimum absolute atomic E-state index is 0.0213. The second kappa shape index (κ2) is 6.83. The van der Waals surface area contributed by atoms with Crippen LogP contribution in [0, 0.1) is 5.92 Å². The van der Waals surface area contributed by atoms with Crippen molar-refractivity contribution >= 4 is 5.91 Å². The van der Waals surface area contributed by atoms with Crippen LogP contribution in [0.3, 0.4) is 0 Å². The zero-order valence-electron chi connectivity index (χ0n) is 10.7. The number of nitrogens with one attached hydrogen (secondary N) is 1. The molecule has 0 unspecified atom stereocenters. The summed E-state index contributed by atoms with van der Waals surface area (Å²) in [6.07, 6.45) is 1.94. The molecule has 0 aromatic heterocycles. The van der Waals surface area contributed by atoms with Crippen LogP contribution < -0.4 is 5.32 Å². The molecule has 15 heavy (non-hydrogen) atoms. The molecule has 1 amide bonds. The molecule has 0 saturated heterocycles. The average Bonchev–Trinajstić information content (AvgIpc) is 2.01. The van der Waals surface area contributed by atoms with Crippen LogP contribution in [0.25, 0.3) is 0 Å². The second-order valence-corrected chi connectivity index (χ2v) is 5.02. The molecule has 3 nitrogen and oxygen atoms in total. The minimum Gasteiger partial charge on any atom is -0.375 e. The molecule has 0 aliphatic heterocycles. The van der Waals surface area contributed by atoms with Gasteiger partial charge in [0.1, 0.15) is 0 Å². The molecule has 0 fully saturated rings. The van der Waals surface area contributed by atoms with Gasteiger partial charge in [-0.25, -0.2) is 0 Å². The highest BCUT2D eigenvalue weighted by Crippen LogP contribution is 2.15. The summed E-state index contributed by atoms with van der Waals surface area (Å²) >= 11 is 0. The van der Waals surface area contributed by atoms with Gasteiger partial charge in [0.15, 0.2) is 0 Å². The van der Waals surface area contributed by atoms with Crippen molar-refractivity contribution in [3.05, 3.63) is 0 Å². The lowest BCUT2D eigenvalue weighted by atomic mass is 10.0. The SMILES string of the molecule is CC(=O)NCCC(C)(C)OCCC(C)C. The molecular formula is C12H25NO2. The van der Waals surface area contributed by atoms with Gasteiger partial charge in [0.25, 0.3) is 0 Å². The third kappa shape index (κ3) is 9.73. The highest BCUT2D eigenvalue weighted by molar-refractivity contribution is 5.72. The summed E-state index contributed by atoms with van der Waals surface area (Å²) in [4.78, 5) is 10.7. The normalized spacial score (nSPS) is 11.9. The maximum Gasteiger partial charge on any atom is 0.216 e. The van der Waals surface area contributed by atoms with Gasteiger partial charge in [0, 0.05) is 20.1 Å². The van der Waals surface area contributed by atoms with Crippen molar-refractivity contribution in [3.63, 3.8) is 0 Å². The van der Waals surface area contributed by atoms with Gasteiger partial charge in [0.2, 0.25) is 5.91 Å². The van der Waals surface area contributed by atoms with Gasteiger partial charge >= 0.3 is 0 Å². The van der Waals surface area contributed by atoms with Crippen molar-refractivity contribution in [2.24, 2.45) is 5.92 Å². The number of carbonyl (C=O) groups is 1. The molecular weight excluding hydrogens is 190 g/mol. The average molecular weight is 215 g/mol. The highest BCUT2D eigenvalue weighted by Gasteiger charge is 2.17. The fourth-order valence-electron chi connectivity index (χ4n) is 1.18. The molecule has 0 aromatic carbocycles.